The molecule has 1 rings (SSSR count). The Morgan fingerprint density at radius 3 is 2.60 bits per heavy atom. The van der Waals surface area contributed by atoms with Gasteiger partial charge in [-0.25, -0.2) is 0 Å². The second-order valence-corrected chi connectivity index (χ2v) is 2.94. The molecular weight excluding hydrogens is 126 g/mol. The van der Waals surface area contributed by atoms with Gasteiger partial charge in [0.1, 0.15) is 0 Å². The molecule has 10 heavy (non-hydrogen) atoms. The molecule has 1 aliphatic carbocycles. The Labute approximate surface area is 61.5 Å². The highest BCUT2D eigenvalue weighted by molar-refractivity contribution is 4.89. The van der Waals surface area contributed by atoms with Crippen molar-refractivity contribution in [1.29, 1.82) is 5.26 Å². The van der Waals surface area contributed by atoms with E-state index in [-0.39, 0.29) is 12.0 Å². The lowest BCUT2D eigenvalue weighted by molar-refractivity contribution is 0.126. The normalized spacial score (nSPS) is 34.4. The van der Waals surface area contributed by atoms with Crippen molar-refractivity contribution in [2.75, 3.05) is 0 Å². The third-order valence-electron chi connectivity index (χ3n) is 2.15. The number of aliphatic hydroxyl groups excluding tert-OH is 1. The highest BCUT2D eigenvalue weighted by atomic mass is 16.3. The monoisotopic (exact) mass is 139 g/mol. The molecule has 56 valence electrons. The summed E-state index contributed by atoms with van der Waals surface area (Å²) in [7, 11) is 0. The van der Waals surface area contributed by atoms with Crippen molar-refractivity contribution < 1.29 is 5.11 Å². The largest absolute Gasteiger partial charge is 0.392 e. The minimum absolute atomic E-state index is 0.0949. The molecule has 0 aliphatic heterocycles. The van der Waals surface area contributed by atoms with Crippen LogP contribution in [0.15, 0.2) is 0 Å². The van der Waals surface area contributed by atoms with Gasteiger partial charge >= 0.3 is 0 Å². The molecule has 0 radical (unpaired) electrons. The first-order valence-electron chi connectivity index (χ1n) is 3.92. The number of nitriles is 1. The zero-order chi connectivity index (χ0) is 7.40. The third-order valence-corrected chi connectivity index (χ3v) is 2.15. The molecule has 0 saturated heterocycles. The van der Waals surface area contributed by atoms with Crippen LogP contribution in [0.2, 0.25) is 0 Å². The van der Waals surface area contributed by atoms with Gasteiger partial charge in [0.25, 0.3) is 0 Å². The molecule has 1 aliphatic rings. The van der Waals surface area contributed by atoms with E-state index < -0.39 is 0 Å². The lowest BCUT2D eigenvalue weighted by atomic mass is 10.00. The Morgan fingerprint density at radius 2 is 1.90 bits per heavy atom. The zero-order valence-electron chi connectivity index (χ0n) is 6.08. The van der Waals surface area contributed by atoms with Crippen LogP contribution in [0.4, 0.5) is 0 Å². The van der Waals surface area contributed by atoms with E-state index in [1.807, 2.05) is 0 Å². The molecule has 0 aromatic rings. The number of nitrogens with zero attached hydrogens (tertiary/aromatic N) is 1. The van der Waals surface area contributed by atoms with Crippen LogP contribution in [0, 0.1) is 17.2 Å². The molecule has 1 fully saturated rings. The number of aliphatic hydroxyl groups is 1. The van der Waals surface area contributed by atoms with E-state index in [1.165, 1.54) is 6.42 Å². The Hall–Kier alpha value is -0.550. The summed E-state index contributed by atoms with van der Waals surface area (Å²) < 4.78 is 0. The third kappa shape index (κ3) is 1.71. The van der Waals surface area contributed by atoms with Gasteiger partial charge in [0, 0.05) is 0 Å². The maximum Gasteiger partial charge on any atom is 0.0722 e. The zero-order valence-corrected chi connectivity index (χ0v) is 6.08. The van der Waals surface area contributed by atoms with Crippen LogP contribution in [0.1, 0.15) is 32.1 Å². The molecule has 1 N–H and O–H groups in total. The van der Waals surface area contributed by atoms with Crippen molar-refractivity contribution in [3.63, 3.8) is 0 Å². The molecule has 0 bridgehead atoms. The topological polar surface area (TPSA) is 44.0 Å². The highest BCUT2D eigenvalue weighted by Crippen LogP contribution is 2.22. The minimum atomic E-state index is -0.354. The van der Waals surface area contributed by atoms with Crippen LogP contribution in [0.5, 0.6) is 0 Å². The summed E-state index contributed by atoms with van der Waals surface area (Å²) in [5.41, 5.74) is 0. The fourth-order valence-electron chi connectivity index (χ4n) is 1.44. The van der Waals surface area contributed by atoms with Gasteiger partial charge in [-0.3, -0.25) is 0 Å². The van der Waals surface area contributed by atoms with Crippen LogP contribution >= 0.6 is 0 Å². The number of hydrogen-bond acceptors (Lipinski definition) is 2. The smallest absolute Gasteiger partial charge is 0.0722 e. The van der Waals surface area contributed by atoms with Gasteiger partial charge in [-0.2, -0.15) is 5.26 Å². The Bertz CT molecular complexity index is 139. The van der Waals surface area contributed by atoms with Gasteiger partial charge in [-0.05, 0) is 12.8 Å². The fourth-order valence-corrected chi connectivity index (χ4v) is 1.44. The highest BCUT2D eigenvalue weighted by Gasteiger charge is 2.20. The van der Waals surface area contributed by atoms with Gasteiger partial charge < -0.3 is 5.11 Å². The number of hydrogen-bond donors (Lipinski definition) is 1. The molecule has 0 unspecified atom stereocenters. The van der Waals surface area contributed by atoms with E-state index in [1.54, 1.807) is 0 Å². The molecule has 1 saturated carbocycles. The summed E-state index contributed by atoms with van der Waals surface area (Å²) in [6.07, 6.45) is 4.72. The summed E-state index contributed by atoms with van der Waals surface area (Å²) >= 11 is 0. The molecule has 0 heterocycles. The van der Waals surface area contributed by atoms with Crippen molar-refractivity contribution in [2.24, 2.45) is 5.92 Å². The van der Waals surface area contributed by atoms with E-state index >= 15 is 0 Å². The summed E-state index contributed by atoms with van der Waals surface area (Å²) in [4.78, 5) is 0. The first-order valence-corrected chi connectivity index (χ1v) is 3.92. The van der Waals surface area contributed by atoms with Crippen LogP contribution in [-0.4, -0.2) is 11.2 Å². The van der Waals surface area contributed by atoms with Crippen molar-refractivity contribution in [3.8, 4) is 6.07 Å². The molecule has 2 atom stereocenters. The average Bonchev–Trinajstić information content (AvgIpc) is 2.13. The van der Waals surface area contributed by atoms with Crippen LogP contribution in [0.25, 0.3) is 0 Å². The molecule has 0 spiro atoms. The first-order chi connectivity index (χ1) is 4.84. The second kappa shape index (κ2) is 3.58. The SMILES string of the molecule is N#C[C@H]1CCCCC[C@@H]1O. The number of rotatable bonds is 0. The van der Waals surface area contributed by atoms with E-state index in [4.69, 9.17) is 5.26 Å². The summed E-state index contributed by atoms with van der Waals surface area (Å²) in [5, 5.41) is 17.9. The fraction of sp³-hybridized carbons (Fsp3) is 0.875. The molecule has 2 heteroatoms. The van der Waals surface area contributed by atoms with Crippen LogP contribution < -0.4 is 0 Å². The predicted octanol–water partition coefficient (Wildman–Crippen LogP) is 1.45. The van der Waals surface area contributed by atoms with Gasteiger partial charge in [-0.15, -0.1) is 0 Å². The van der Waals surface area contributed by atoms with Gasteiger partial charge in [0.05, 0.1) is 18.1 Å². The average molecular weight is 139 g/mol. The first kappa shape index (κ1) is 7.56. The molecule has 0 amide bonds. The van der Waals surface area contributed by atoms with E-state index in [9.17, 15) is 5.11 Å². The van der Waals surface area contributed by atoms with E-state index in [0.29, 0.717) is 0 Å². The molecular formula is C8H13NO. The molecule has 2 nitrogen and oxygen atoms in total. The van der Waals surface area contributed by atoms with Gasteiger partial charge in [-0.1, -0.05) is 19.3 Å². The van der Waals surface area contributed by atoms with Crippen molar-refractivity contribution >= 4 is 0 Å². The predicted molar refractivity (Wildman–Crippen MR) is 38.2 cm³/mol. The lowest BCUT2D eigenvalue weighted by Crippen LogP contribution is -2.16. The quantitative estimate of drug-likeness (QED) is 0.516. The lowest BCUT2D eigenvalue weighted by Gasteiger charge is -2.10. The van der Waals surface area contributed by atoms with Gasteiger partial charge in [0.2, 0.25) is 0 Å². The standard InChI is InChI=1S/C8H13NO/c9-6-7-4-2-1-3-5-8(7)10/h7-8,10H,1-5H2/t7-,8+/m1/s1. The maximum atomic E-state index is 9.33. The maximum absolute atomic E-state index is 9.33. The van der Waals surface area contributed by atoms with Crippen LogP contribution in [0.3, 0.4) is 0 Å². The Balaban J connectivity index is 2.45. The summed E-state index contributed by atoms with van der Waals surface area (Å²) in [5.74, 6) is -0.0949. The Kier molecular flexibility index (Phi) is 2.70. The summed E-state index contributed by atoms with van der Waals surface area (Å²) in [6, 6.07) is 2.14. The molecule has 0 aromatic carbocycles. The van der Waals surface area contributed by atoms with Gasteiger partial charge in [0.15, 0.2) is 0 Å². The second-order valence-electron chi connectivity index (χ2n) is 2.94. The van der Waals surface area contributed by atoms with E-state index in [0.717, 1.165) is 25.7 Å². The minimum Gasteiger partial charge on any atom is -0.392 e. The molecule has 0 aromatic heterocycles. The van der Waals surface area contributed by atoms with E-state index in [2.05, 4.69) is 6.07 Å². The van der Waals surface area contributed by atoms with Crippen molar-refractivity contribution in [1.82, 2.24) is 0 Å². The Morgan fingerprint density at radius 1 is 1.20 bits per heavy atom. The van der Waals surface area contributed by atoms with Crippen LogP contribution in [-0.2, 0) is 0 Å². The summed E-state index contributed by atoms with van der Waals surface area (Å²) in [6.45, 7) is 0. The van der Waals surface area contributed by atoms with Crippen molar-refractivity contribution in [2.45, 2.75) is 38.2 Å². The van der Waals surface area contributed by atoms with Crippen molar-refractivity contribution in [3.05, 3.63) is 0 Å².